The maximum absolute atomic E-state index is 11.7. The lowest BCUT2D eigenvalue weighted by Crippen LogP contribution is -2.33. The predicted molar refractivity (Wildman–Crippen MR) is 89.4 cm³/mol. The molecule has 2 amide bonds. The van der Waals surface area contributed by atoms with Gasteiger partial charge < -0.3 is 15.4 Å². The number of hydrogen-bond donors (Lipinski definition) is 2. The molecule has 0 radical (unpaired) electrons. The smallest absolute Gasteiger partial charge is 0.243 e. The van der Waals surface area contributed by atoms with Gasteiger partial charge in [0.25, 0.3) is 0 Å². The van der Waals surface area contributed by atoms with E-state index in [0.717, 1.165) is 0 Å². The van der Waals surface area contributed by atoms with Gasteiger partial charge in [-0.25, -0.2) is 0 Å². The van der Waals surface area contributed by atoms with E-state index in [0.29, 0.717) is 17.0 Å². The van der Waals surface area contributed by atoms with Gasteiger partial charge in [0.15, 0.2) is 0 Å². The van der Waals surface area contributed by atoms with Crippen molar-refractivity contribution in [2.24, 2.45) is 0 Å². The molecular formula is C18H17N3O3. The molecule has 122 valence electrons. The van der Waals surface area contributed by atoms with E-state index in [1.807, 2.05) is 36.4 Å². The summed E-state index contributed by atoms with van der Waals surface area (Å²) in [4.78, 5) is 23.4. The number of rotatable bonds is 7. The Morgan fingerprint density at radius 3 is 2.38 bits per heavy atom. The van der Waals surface area contributed by atoms with Gasteiger partial charge in [0.05, 0.1) is 31.2 Å². The summed E-state index contributed by atoms with van der Waals surface area (Å²) in [6.45, 7) is 0.122. The number of benzene rings is 2. The fourth-order valence-corrected chi connectivity index (χ4v) is 1.88. The van der Waals surface area contributed by atoms with Gasteiger partial charge in [-0.2, -0.15) is 5.26 Å². The molecule has 0 aromatic heterocycles. The Morgan fingerprint density at radius 2 is 1.71 bits per heavy atom. The summed E-state index contributed by atoms with van der Waals surface area (Å²) in [7, 11) is 0. The van der Waals surface area contributed by atoms with Crippen molar-refractivity contribution in [3.8, 4) is 11.8 Å². The molecule has 0 fully saturated rings. The largest absolute Gasteiger partial charge is 0.493 e. The van der Waals surface area contributed by atoms with Crippen molar-refractivity contribution < 1.29 is 14.3 Å². The van der Waals surface area contributed by atoms with Crippen LogP contribution in [0.4, 0.5) is 5.69 Å². The molecule has 0 aliphatic heterocycles. The number of anilines is 1. The zero-order valence-electron chi connectivity index (χ0n) is 13.0. The number of carbonyl (C=O) groups is 2. The average Bonchev–Trinajstić information content (AvgIpc) is 2.61. The van der Waals surface area contributed by atoms with Gasteiger partial charge >= 0.3 is 0 Å². The number of carbonyl (C=O) groups excluding carboxylic acids is 2. The van der Waals surface area contributed by atoms with Crippen LogP contribution in [0.15, 0.2) is 54.6 Å². The van der Waals surface area contributed by atoms with Crippen molar-refractivity contribution in [3.05, 3.63) is 60.2 Å². The van der Waals surface area contributed by atoms with E-state index in [1.165, 1.54) is 0 Å². The topological polar surface area (TPSA) is 91.2 Å². The van der Waals surface area contributed by atoms with Crippen molar-refractivity contribution in [1.82, 2.24) is 5.32 Å². The highest BCUT2D eigenvalue weighted by Gasteiger charge is 2.06. The molecule has 2 aromatic rings. The van der Waals surface area contributed by atoms with E-state index >= 15 is 0 Å². The molecular weight excluding hydrogens is 306 g/mol. The van der Waals surface area contributed by atoms with Crippen LogP contribution >= 0.6 is 0 Å². The molecule has 2 N–H and O–H groups in total. The Hall–Kier alpha value is -3.33. The van der Waals surface area contributed by atoms with Crippen LogP contribution in [0.5, 0.6) is 5.75 Å². The minimum atomic E-state index is -0.336. The molecule has 6 nitrogen and oxygen atoms in total. The number of hydrogen-bond acceptors (Lipinski definition) is 4. The molecule has 0 aliphatic carbocycles. The van der Waals surface area contributed by atoms with Crippen LogP contribution in [0, 0.1) is 11.3 Å². The SMILES string of the molecule is N#Cc1ccc(NC(=O)CNC(=O)CCOc2ccccc2)cc1. The first-order chi connectivity index (χ1) is 11.7. The Balaban J connectivity index is 1.65. The van der Waals surface area contributed by atoms with Gasteiger partial charge in [0.2, 0.25) is 11.8 Å². The molecule has 0 spiro atoms. The van der Waals surface area contributed by atoms with Crippen molar-refractivity contribution >= 4 is 17.5 Å². The number of nitrogens with zero attached hydrogens (tertiary/aromatic N) is 1. The van der Waals surface area contributed by atoms with Gasteiger partial charge in [-0.05, 0) is 36.4 Å². The highest BCUT2D eigenvalue weighted by atomic mass is 16.5. The quantitative estimate of drug-likeness (QED) is 0.816. The van der Waals surface area contributed by atoms with Gasteiger partial charge in [-0.15, -0.1) is 0 Å². The van der Waals surface area contributed by atoms with Crippen molar-refractivity contribution in [2.45, 2.75) is 6.42 Å². The number of nitriles is 1. The zero-order chi connectivity index (χ0) is 17.2. The Kier molecular flexibility index (Phi) is 6.35. The maximum atomic E-state index is 11.7. The average molecular weight is 323 g/mol. The van der Waals surface area contributed by atoms with E-state index in [-0.39, 0.29) is 31.4 Å². The molecule has 2 rings (SSSR count). The Bertz CT molecular complexity index is 721. The molecule has 0 saturated heterocycles. The normalized spacial score (nSPS) is 9.62. The van der Waals surface area contributed by atoms with E-state index in [1.54, 1.807) is 24.3 Å². The Labute approximate surface area is 140 Å². The molecule has 0 unspecified atom stereocenters. The third-order valence-electron chi connectivity index (χ3n) is 3.08. The first-order valence-corrected chi connectivity index (χ1v) is 7.42. The first kappa shape index (κ1) is 17.0. The van der Waals surface area contributed by atoms with Gasteiger partial charge in [0, 0.05) is 5.69 Å². The summed E-state index contributed by atoms with van der Waals surface area (Å²) in [6, 6.07) is 17.7. The van der Waals surface area contributed by atoms with E-state index < -0.39 is 0 Å². The molecule has 24 heavy (non-hydrogen) atoms. The molecule has 0 bridgehead atoms. The number of amides is 2. The second-order valence-corrected chi connectivity index (χ2v) is 4.93. The van der Waals surface area contributed by atoms with Crippen LogP contribution in [-0.4, -0.2) is 25.0 Å². The Morgan fingerprint density at radius 1 is 1.00 bits per heavy atom. The maximum Gasteiger partial charge on any atom is 0.243 e. The van der Waals surface area contributed by atoms with Gasteiger partial charge in [0.1, 0.15) is 5.75 Å². The van der Waals surface area contributed by atoms with Crippen LogP contribution in [0.3, 0.4) is 0 Å². The highest BCUT2D eigenvalue weighted by Crippen LogP contribution is 2.09. The standard InChI is InChI=1S/C18H17N3O3/c19-12-14-6-8-15(9-7-14)21-18(23)13-20-17(22)10-11-24-16-4-2-1-3-5-16/h1-9H,10-11,13H2,(H,20,22)(H,21,23). The summed E-state index contributed by atoms with van der Waals surface area (Å²) < 4.78 is 5.41. The monoisotopic (exact) mass is 323 g/mol. The van der Waals surface area contributed by atoms with Crippen molar-refractivity contribution in [2.75, 3.05) is 18.5 Å². The minimum Gasteiger partial charge on any atom is -0.493 e. The molecule has 6 heteroatoms. The fourth-order valence-electron chi connectivity index (χ4n) is 1.88. The summed E-state index contributed by atoms with van der Waals surface area (Å²) in [6.07, 6.45) is 0.166. The summed E-state index contributed by atoms with van der Waals surface area (Å²) in [5.41, 5.74) is 1.08. The second kappa shape index (κ2) is 8.96. The molecule has 0 heterocycles. The van der Waals surface area contributed by atoms with E-state index in [4.69, 9.17) is 10.00 Å². The summed E-state index contributed by atoms with van der Waals surface area (Å²) in [5, 5.41) is 13.9. The van der Waals surface area contributed by atoms with Crippen LogP contribution in [0.25, 0.3) is 0 Å². The van der Waals surface area contributed by atoms with Crippen LogP contribution < -0.4 is 15.4 Å². The molecule has 0 saturated carbocycles. The third kappa shape index (κ3) is 5.81. The van der Waals surface area contributed by atoms with Crippen LogP contribution in [0.1, 0.15) is 12.0 Å². The van der Waals surface area contributed by atoms with E-state index in [2.05, 4.69) is 10.6 Å². The lowest BCUT2D eigenvalue weighted by Gasteiger charge is -2.08. The molecule has 0 atom stereocenters. The zero-order valence-corrected chi connectivity index (χ0v) is 13.0. The molecule has 2 aromatic carbocycles. The molecule has 0 aliphatic rings. The van der Waals surface area contributed by atoms with E-state index in [9.17, 15) is 9.59 Å². The highest BCUT2D eigenvalue weighted by molar-refractivity contribution is 5.94. The first-order valence-electron chi connectivity index (χ1n) is 7.42. The lowest BCUT2D eigenvalue weighted by atomic mass is 10.2. The minimum absolute atomic E-state index is 0.121. The number of nitrogens with one attached hydrogen (secondary N) is 2. The summed E-state index contributed by atoms with van der Waals surface area (Å²) >= 11 is 0. The van der Waals surface area contributed by atoms with Gasteiger partial charge in [-0.1, -0.05) is 18.2 Å². The number of para-hydroxylation sites is 1. The lowest BCUT2D eigenvalue weighted by molar-refractivity contribution is -0.124. The van der Waals surface area contributed by atoms with Crippen molar-refractivity contribution in [3.63, 3.8) is 0 Å². The van der Waals surface area contributed by atoms with Gasteiger partial charge in [-0.3, -0.25) is 9.59 Å². The predicted octanol–water partition coefficient (Wildman–Crippen LogP) is 2.08. The van der Waals surface area contributed by atoms with Crippen LogP contribution in [0.2, 0.25) is 0 Å². The summed E-state index contributed by atoms with van der Waals surface area (Å²) in [5.74, 6) is 0.0989. The van der Waals surface area contributed by atoms with Crippen molar-refractivity contribution in [1.29, 1.82) is 5.26 Å². The number of ether oxygens (including phenoxy) is 1. The second-order valence-electron chi connectivity index (χ2n) is 4.93. The third-order valence-corrected chi connectivity index (χ3v) is 3.08. The fraction of sp³-hybridized carbons (Fsp3) is 0.167. The van der Waals surface area contributed by atoms with Crippen LogP contribution in [-0.2, 0) is 9.59 Å².